The quantitative estimate of drug-likeness (QED) is 0.380. The first-order valence-electron chi connectivity index (χ1n) is 5.83. The van der Waals surface area contributed by atoms with Crippen LogP contribution >= 0.6 is 23.2 Å². The number of nitrogens with zero attached hydrogens (tertiary/aromatic N) is 2. The van der Waals surface area contributed by atoms with Crippen molar-refractivity contribution in [1.29, 1.82) is 0 Å². The summed E-state index contributed by atoms with van der Waals surface area (Å²) in [5.41, 5.74) is -0.308. The fraction of sp³-hybridized carbons (Fsp3) is 0.231. The molecule has 1 N–H and O–H groups in total. The second-order valence-electron chi connectivity index (χ2n) is 3.84. The fourth-order valence-electron chi connectivity index (χ4n) is 1.27. The Morgan fingerprint density at radius 1 is 1.23 bits per heavy atom. The average molecular weight is 347 g/mol. The SMILES string of the molecule is COC(=O)C/C(O)=C(/N=Nc1ccc(Cl)cc1Cl)C(=O)OC. The molecule has 7 nitrogen and oxygen atoms in total. The predicted octanol–water partition coefficient (Wildman–Crippen LogP) is 3.58. The van der Waals surface area contributed by atoms with E-state index in [1.165, 1.54) is 18.2 Å². The molecule has 0 aliphatic heterocycles. The molecular formula is C13H12Cl2N2O5. The number of azo groups is 1. The van der Waals surface area contributed by atoms with Crippen LogP contribution in [-0.4, -0.2) is 31.3 Å². The first-order valence-corrected chi connectivity index (χ1v) is 6.58. The van der Waals surface area contributed by atoms with Crippen molar-refractivity contribution in [3.05, 3.63) is 39.7 Å². The van der Waals surface area contributed by atoms with Crippen molar-refractivity contribution < 1.29 is 24.2 Å². The highest BCUT2D eigenvalue weighted by atomic mass is 35.5. The highest BCUT2D eigenvalue weighted by Crippen LogP contribution is 2.28. The Bertz CT molecular complexity index is 643. The molecule has 0 radical (unpaired) electrons. The molecule has 1 aromatic rings. The van der Waals surface area contributed by atoms with E-state index in [4.69, 9.17) is 23.2 Å². The summed E-state index contributed by atoms with van der Waals surface area (Å²) in [6.07, 6.45) is -0.547. The normalized spacial score (nSPS) is 12.0. The Labute approximate surface area is 136 Å². The molecule has 0 aromatic heterocycles. The number of aliphatic hydroxyl groups is 1. The highest BCUT2D eigenvalue weighted by molar-refractivity contribution is 6.36. The minimum atomic E-state index is -0.963. The van der Waals surface area contributed by atoms with Gasteiger partial charge in [-0.15, -0.1) is 10.2 Å². The van der Waals surface area contributed by atoms with Crippen LogP contribution in [0.5, 0.6) is 0 Å². The van der Waals surface area contributed by atoms with E-state index in [0.717, 1.165) is 14.2 Å². The maximum Gasteiger partial charge on any atom is 0.362 e. The zero-order valence-electron chi connectivity index (χ0n) is 11.7. The second-order valence-corrected chi connectivity index (χ2v) is 4.68. The zero-order valence-corrected chi connectivity index (χ0v) is 13.2. The number of methoxy groups -OCH3 is 2. The number of carbonyl (C=O) groups excluding carboxylic acids is 2. The number of rotatable bonds is 5. The Kier molecular flexibility index (Phi) is 6.81. The number of aliphatic hydroxyl groups excluding tert-OH is 1. The Balaban J connectivity index is 3.13. The molecule has 1 aromatic carbocycles. The van der Waals surface area contributed by atoms with Gasteiger partial charge in [-0.1, -0.05) is 23.2 Å². The van der Waals surface area contributed by atoms with Crippen molar-refractivity contribution in [3.8, 4) is 0 Å². The lowest BCUT2D eigenvalue weighted by molar-refractivity contribution is -0.140. The molecule has 1 rings (SSSR count). The molecule has 0 aliphatic rings. The molecule has 0 saturated carbocycles. The molecule has 0 heterocycles. The Hall–Kier alpha value is -2.12. The Morgan fingerprint density at radius 3 is 2.45 bits per heavy atom. The van der Waals surface area contributed by atoms with Crippen LogP contribution in [0.4, 0.5) is 5.69 Å². The van der Waals surface area contributed by atoms with Crippen LogP contribution in [-0.2, 0) is 19.1 Å². The number of carbonyl (C=O) groups is 2. The van der Waals surface area contributed by atoms with E-state index in [0.29, 0.717) is 5.02 Å². The van der Waals surface area contributed by atoms with Crippen LogP contribution in [0.25, 0.3) is 0 Å². The third-order valence-electron chi connectivity index (χ3n) is 2.36. The number of hydrogen-bond acceptors (Lipinski definition) is 7. The van der Waals surface area contributed by atoms with E-state index in [-0.39, 0.29) is 10.7 Å². The van der Waals surface area contributed by atoms with Gasteiger partial charge in [-0.05, 0) is 18.2 Å². The lowest BCUT2D eigenvalue weighted by Crippen LogP contribution is -2.09. The summed E-state index contributed by atoms with van der Waals surface area (Å²) < 4.78 is 8.86. The van der Waals surface area contributed by atoms with Crippen LogP contribution < -0.4 is 0 Å². The number of ether oxygens (including phenoxy) is 2. The minimum absolute atomic E-state index is 0.202. The van der Waals surface area contributed by atoms with Crippen molar-refractivity contribution in [3.63, 3.8) is 0 Å². The van der Waals surface area contributed by atoms with E-state index in [2.05, 4.69) is 19.7 Å². The summed E-state index contributed by atoms with van der Waals surface area (Å²) in [5, 5.41) is 17.7. The molecule has 0 spiro atoms. The number of halogens is 2. The molecule has 0 aliphatic carbocycles. The van der Waals surface area contributed by atoms with Crippen LogP contribution in [0.3, 0.4) is 0 Å². The standard InChI is InChI=1S/C13H12Cl2N2O5/c1-21-11(19)6-10(18)12(13(20)22-2)17-16-9-4-3-7(14)5-8(9)15/h3-5,18H,6H2,1-2H3/b12-10-,17-16?. The van der Waals surface area contributed by atoms with Crippen LogP contribution in [0.2, 0.25) is 10.0 Å². The minimum Gasteiger partial charge on any atom is -0.509 e. The summed E-state index contributed by atoms with van der Waals surface area (Å²) >= 11 is 11.7. The van der Waals surface area contributed by atoms with Crippen LogP contribution in [0, 0.1) is 0 Å². The molecule has 0 atom stereocenters. The molecular weight excluding hydrogens is 335 g/mol. The molecule has 22 heavy (non-hydrogen) atoms. The lowest BCUT2D eigenvalue weighted by Gasteiger charge is -2.04. The Morgan fingerprint density at radius 2 is 1.91 bits per heavy atom. The molecule has 0 fully saturated rings. The zero-order chi connectivity index (χ0) is 16.7. The van der Waals surface area contributed by atoms with Gasteiger partial charge in [0.1, 0.15) is 17.9 Å². The van der Waals surface area contributed by atoms with Gasteiger partial charge in [-0.2, -0.15) is 0 Å². The van der Waals surface area contributed by atoms with Gasteiger partial charge in [0.05, 0.1) is 19.2 Å². The summed E-state index contributed by atoms with van der Waals surface area (Å²) in [6, 6.07) is 4.44. The van der Waals surface area contributed by atoms with Gasteiger partial charge in [-0.25, -0.2) is 4.79 Å². The third kappa shape index (κ3) is 5.01. The van der Waals surface area contributed by atoms with Crippen LogP contribution in [0.15, 0.2) is 39.9 Å². The summed E-state index contributed by atoms with van der Waals surface area (Å²) in [6.45, 7) is 0. The van der Waals surface area contributed by atoms with E-state index < -0.39 is 29.8 Å². The predicted molar refractivity (Wildman–Crippen MR) is 79.3 cm³/mol. The summed E-state index contributed by atoms with van der Waals surface area (Å²) in [7, 11) is 2.24. The number of esters is 2. The summed E-state index contributed by atoms with van der Waals surface area (Å²) in [4.78, 5) is 22.7. The van der Waals surface area contributed by atoms with Gasteiger partial charge < -0.3 is 14.6 Å². The van der Waals surface area contributed by atoms with Gasteiger partial charge >= 0.3 is 11.9 Å². The molecule has 0 bridgehead atoms. The van der Waals surface area contributed by atoms with Gasteiger partial charge in [0.2, 0.25) is 5.70 Å². The first-order chi connectivity index (χ1) is 10.4. The maximum absolute atomic E-state index is 11.6. The smallest absolute Gasteiger partial charge is 0.362 e. The third-order valence-corrected chi connectivity index (χ3v) is 2.90. The summed E-state index contributed by atoms with van der Waals surface area (Å²) in [5.74, 6) is -2.35. The lowest BCUT2D eigenvalue weighted by atomic mass is 10.3. The van der Waals surface area contributed by atoms with E-state index in [1.807, 2.05) is 0 Å². The van der Waals surface area contributed by atoms with Crippen molar-refractivity contribution in [2.24, 2.45) is 10.2 Å². The van der Waals surface area contributed by atoms with Crippen molar-refractivity contribution >= 4 is 40.8 Å². The average Bonchev–Trinajstić information content (AvgIpc) is 2.48. The van der Waals surface area contributed by atoms with Gasteiger partial charge in [0, 0.05) is 5.02 Å². The first kappa shape index (κ1) is 17.9. The van der Waals surface area contributed by atoms with Crippen molar-refractivity contribution in [2.75, 3.05) is 14.2 Å². The van der Waals surface area contributed by atoms with Crippen LogP contribution in [0.1, 0.15) is 6.42 Å². The van der Waals surface area contributed by atoms with Gasteiger partial charge in [0.25, 0.3) is 0 Å². The molecule has 0 unspecified atom stereocenters. The molecule has 0 saturated heterocycles. The van der Waals surface area contributed by atoms with E-state index in [1.54, 1.807) is 0 Å². The van der Waals surface area contributed by atoms with Crippen molar-refractivity contribution in [1.82, 2.24) is 0 Å². The van der Waals surface area contributed by atoms with E-state index in [9.17, 15) is 14.7 Å². The van der Waals surface area contributed by atoms with E-state index >= 15 is 0 Å². The topological polar surface area (TPSA) is 97.5 Å². The van der Waals surface area contributed by atoms with Gasteiger partial charge in [-0.3, -0.25) is 4.79 Å². The van der Waals surface area contributed by atoms with Gasteiger partial charge in [0.15, 0.2) is 0 Å². The maximum atomic E-state index is 11.6. The number of benzene rings is 1. The molecule has 9 heteroatoms. The van der Waals surface area contributed by atoms with Crippen molar-refractivity contribution in [2.45, 2.75) is 6.42 Å². The second kappa shape index (κ2) is 8.35. The molecule has 0 amide bonds. The monoisotopic (exact) mass is 346 g/mol. The highest BCUT2D eigenvalue weighted by Gasteiger charge is 2.19. The number of hydrogen-bond donors (Lipinski definition) is 1. The largest absolute Gasteiger partial charge is 0.509 e. The fourth-order valence-corrected chi connectivity index (χ4v) is 1.72. The molecule has 118 valence electrons.